The van der Waals surface area contributed by atoms with Gasteiger partial charge >= 0.3 is 0 Å². The molecule has 0 aliphatic rings. The molecule has 6 heavy (non-hydrogen) atoms. The smallest absolute Gasteiger partial charge is 0.108 e. The molecule has 0 aromatic carbocycles. The Balaban J connectivity index is 2.83. The van der Waals surface area contributed by atoms with Crippen molar-refractivity contribution in [1.82, 2.24) is 0 Å². The van der Waals surface area contributed by atoms with Gasteiger partial charge in [-0.05, 0) is 21.7 Å². The lowest BCUT2D eigenvalue weighted by molar-refractivity contribution is 1.54. The monoisotopic (exact) mass is 184 g/mol. The van der Waals surface area contributed by atoms with E-state index in [9.17, 15) is 0 Å². The molecule has 0 saturated heterocycles. The first-order valence-corrected chi connectivity index (χ1v) is 3.78. The van der Waals surface area contributed by atoms with Crippen molar-refractivity contribution in [1.29, 1.82) is 0 Å². The van der Waals surface area contributed by atoms with Gasteiger partial charge < -0.3 is 0 Å². The van der Waals surface area contributed by atoms with Gasteiger partial charge in [0.05, 0.1) is 0 Å². The number of hydrogen-bond acceptors (Lipinski definition) is 2. The van der Waals surface area contributed by atoms with Crippen molar-refractivity contribution in [2.75, 3.05) is 5.75 Å². The molecule has 0 unspecified atom stereocenters. The molecular formula is C3H5BrS2. The minimum Gasteiger partial charge on any atom is -0.108 e. The van der Waals surface area contributed by atoms with Crippen LogP contribution in [0.5, 0.6) is 0 Å². The molecule has 3 heteroatoms. The third kappa shape index (κ3) is 4.92. The van der Waals surface area contributed by atoms with Gasteiger partial charge in [0.1, 0.15) is 3.11 Å². The molecule has 0 spiro atoms. The van der Waals surface area contributed by atoms with Crippen molar-refractivity contribution in [3.05, 3.63) is 0 Å². The Morgan fingerprint density at radius 3 is 2.50 bits per heavy atom. The second-order valence-electron chi connectivity index (χ2n) is 0.671. The fraction of sp³-hybridized carbons (Fsp3) is 0.667. The second-order valence-corrected chi connectivity index (χ2v) is 4.45. The number of thioether (sulfide) groups is 1. The van der Waals surface area contributed by atoms with Crippen molar-refractivity contribution in [2.45, 2.75) is 6.92 Å². The predicted molar refractivity (Wildman–Crippen MR) is 39.7 cm³/mol. The number of halogens is 1. The highest BCUT2D eigenvalue weighted by molar-refractivity contribution is 9.24. The average molecular weight is 185 g/mol. The molecule has 0 fully saturated rings. The first kappa shape index (κ1) is 6.92. The Labute approximate surface area is 55.8 Å². The first-order valence-electron chi connectivity index (χ1n) is 1.59. The van der Waals surface area contributed by atoms with Crippen molar-refractivity contribution in [2.24, 2.45) is 0 Å². The van der Waals surface area contributed by atoms with Crippen molar-refractivity contribution in [3.63, 3.8) is 0 Å². The maximum atomic E-state index is 4.67. The summed E-state index contributed by atoms with van der Waals surface area (Å²) in [5, 5.41) is 0. The van der Waals surface area contributed by atoms with Crippen molar-refractivity contribution in [3.8, 4) is 0 Å². The standard InChI is InChI=1S/C3H5BrS2/c1-2-6-3(4)5/h2H2,1H3. The van der Waals surface area contributed by atoms with Crippen LogP contribution < -0.4 is 0 Å². The molecule has 0 aromatic heterocycles. The molecule has 0 heterocycles. The SMILES string of the molecule is CCSC(=S)Br. The molecule has 0 aliphatic heterocycles. The van der Waals surface area contributed by atoms with E-state index in [1.807, 2.05) is 0 Å². The topological polar surface area (TPSA) is 0 Å². The molecule has 0 aromatic rings. The summed E-state index contributed by atoms with van der Waals surface area (Å²) in [4.78, 5) is 0. The highest BCUT2D eigenvalue weighted by Crippen LogP contribution is 2.07. The molecule has 0 aliphatic carbocycles. The van der Waals surface area contributed by atoms with Crippen LogP contribution in [0.25, 0.3) is 0 Å². The van der Waals surface area contributed by atoms with Crippen molar-refractivity contribution < 1.29 is 0 Å². The summed E-state index contributed by atoms with van der Waals surface area (Å²) < 4.78 is 0.852. The van der Waals surface area contributed by atoms with E-state index >= 15 is 0 Å². The van der Waals surface area contributed by atoms with E-state index < -0.39 is 0 Å². The van der Waals surface area contributed by atoms with Gasteiger partial charge in [-0.3, -0.25) is 0 Å². The van der Waals surface area contributed by atoms with Crippen LogP contribution in [0.15, 0.2) is 0 Å². The molecule has 0 N–H and O–H groups in total. The van der Waals surface area contributed by atoms with E-state index in [0.717, 1.165) is 8.86 Å². The molecular weight excluding hydrogens is 180 g/mol. The van der Waals surface area contributed by atoms with Gasteiger partial charge in [0.25, 0.3) is 0 Å². The summed E-state index contributed by atoms with van der Waals surface area (Å²) in [6, 6.07) is 0. The Bertz CT molecular complexity index is 52.8. The zero-order chi connectivity index (χ0) is 4.99. The van der Waals surface area contributed by atoms with Crippen LogP contribution in [0.2, 0.25) is 0 Å². The quantitative estimate of drug-likeness (QED) is 0.454. The fourth-order valence-corrected chi connectivity index (χ4v) is 1.38. The van der Waals surface area contributed by atoms with Gasteiger partial charge in [-0.25, -0.2) is 0 Å². The number of rotatable bonds is 1. The van der Waals surface area contributed by atoms with Crippen LogP contribution >= 0.6 is 39.9 Å². The summed E-state index contributed by atoms with van der Waals surface area (Å²) in [6.07, 6.45) is 0. The lowest BCUT2D eigenvalue weighted by atomic mass is 11.0. The molecule has 0 radical (unpaired) electrons. The van der Waals surface area contributed by atoms with Crippen molar-refractivity contribution >= 4 is 43.0 Å². The van der Waals surface area contributed by atoms with Gasteiger partial charge in [0, 0.05) is 0 Å². The van der Waals surface area contributed by atoms with Gasteiger partial charge in [-0.1, -0.05) is 19.1 Å². The highest BCUT2D eigenvalue weighted by Gasteiger charge is 1.81. The summed E-state index contributed by atoms with van der Waals surface area (Å²) >= 11 is 9.44. The zero-order valence-corrected chi connectivity index (χ0v) is 6.62. The summed E-state index contributed by atoms with van der Waals surface area (Å²) in [7, 11) is 0. The van der Waals surface area contributed by atoms with Gasteiger partial charge in [0.2, 0.25) is 0 Å². The highest BCUT2D eigenvalue weighted by atomic mass is 79.9. The molecule has 0 rings (SSSR count). The van der Waals surface area contributed by atoms with Crippen LogP contribution in [0.3, 0.4) is 0 Å². The minimum absolute atomic E-state index is 0.852. The lowest BCUT2D eigenvalue weighted by Gasteiger charge is -1.82. The Morgan fingerprint density at radius 2 is 2.50 bits per heavy atom. The Kier molecular flexibility index (Phi) is 4.72. The number of hydrogen-bond donors (Lipinski definition) is 0. The van der Waals surface area contributed by atoms with Gasteiger partial charge in [-0.2, -0.15) is 0 Å². The number of thiocarbonyl (C=S) groups is 1. The Hall–Kier alpha value is 0.920. The van der Waals surface area contributed by atoms with Crippen LogP contribution in [0, 0.1) is 0 Å². The fourth-order valence-electron chi connectivity index (χ4n) is 0.113. The van der Waals surface area contributed by atoms with Crippen LogP contribution in [0.4, 0.5) is 0 Å². The first-order chi connectivity index (χ1) is 2.77. The molecule has 36 valence electrons. The maximum Gasteiger partial charge on any atom is 0.113 e. The van der Waals surface area contributed by atoms with Crippen LogP contribution in [-0.2, 0) is 0 Å². The molecule has 0 amide bonds. The summed E-state index contributed by atoms with van der Waals surface area (Å²) in [6.45, 7) is 2.07. The van der Waals surface area contributed by atoms with Gasteiger partial charge in [0.15, 0.2) is 0 Å². The molecule has 0 bridgehead atoms. The zero-order valence-electron chi connectivity index (χ0n) is 3.40. The molecule has 0 nitrogen and oxygen atoms in total. The van der Waals surface area contributed by atoms with E-state index in [1.165, 1.54) is 0 Å². The molecule has 0 saturated carbocycles. The third-order valence-electron chi connectivity index (χ3n) is 0.258. The van der Waals surface area contributed by atoms with Gasteiger partial charge in [-0.15, -0.1) is 11.8 Å². The van der Waals surface area contributed by atoms with E-state index in [4.69, 9.17) is 0 Å². The van der Waals surface area contributed by atoms with E-state index in [2.05, 4.69) is 35.1 Å². The maximum absolute atomic E-state index is 4.67. The Morgan fingerprint density at radius 1 is 2.00 bits per heavy atom. The van der Waals surface area contributed by atoms with E-state index in [-0.39, 0.29) is 0 Å². The van der Waals surface area contributed by atoms with E-state index in [0.29, 0.717) is 0 Å². The lowest BCUT2D eigenvalue weighted by Crippen LogP contribution is -1.68. The minimum atomic E-state index is 0.852. The second kappa shape index (κ2) is 4.09. The average Bonchev–Trinajstić information content (AvgIpc) is 1.35. The van der Waals surface area contributed by atoms with Crippen LogP contribution in [0.1, 0.15) is 6.92 Å². The third-order valence-corrected chi connectivity index (χ3v) is 1.81. The van der Waals surface area contributed by atoms with E-state index in [1.54, 1.807) is 11.8 Å². The van der Waals surface area contributed by atoms with Crippen LogP contribution in [-0.4, -0.2) is 8.86 Å². The normalized spacial score (nSPS) is 8.33. The summed E-state index contributed by atoms with van der Waals surface area (Å²) in [5.74, 6) is 1.06. The summed E-state index contributed by atoms with van der Waals surface area (Å²) in [5.41, 5.74) is 0. The predicted octanol–water partition coefficient (Wildman–Crippen LogP) is 2.42. The molecule has 0 atom stereocenters. The largest absolute Gasteiger partial charge is 0.113 e.